The van der Waals surface area contributed by atoms with E-state index in [-0.39, 0.29) is 6.42 Å². The van der Waals surface area contributed by atoms with Crippen LogP contribution in [0.1, 0.15) is 26.7 Å². The predicted molar refractivity (Wildman–Crippen MR) is 58.8 cm³/mol. The summed E-state index contributed by atoms with van der Waals surface area (Å²) in [4.78, 5) is 14.2. The zero-order valence-corrected chi connectivity index (χ0v) is 8.73. The lowest BCUT2D eigenvalue weighted by molar-refractivity contribution is -0.137. The third kappa shape index (κ3) is 8.71. The van der Waals surface area contributed by atoms with Crippen LogP contribution in [0.3, 0.4) is 0 Å². The van der Waals surface area contributed by atoms with E-state index in [4.69, 9.17) is 5.11 Å². The average Bonchev–Trinajstić information content (AvgIpc) is 2.11. The van der Waals surface area contributed by atoms with Crippen LogP contribution in [-0.4, -0.2) is 23.8 Å². The molecule has 0 rings (SSSR count). The summed E-state index contributed by atoms with van der Waals surface area (Å²) >= 11 is 0. The van der Waals surface area contributed by atoms with E-state index in [1.54, 1.807) is 6.21 Å². The molecule has 0 aliphatic rings. The molecule has 0 atom stereocenters. The molecule has 0 aliphatic carbocycles. The van der Waals surface area contributed by atoms with Crippen molar-refractivity contribution in [3.63, 3.8) is 0 Å². The van der Waals surface area contributed by atoms with E-state index in [1.807, 2.05) is 32.1 Å². The second-order valence-electron chi connectivity index (χ2n) is 2.96. The van der Waals surface area contributed by atoms with Crippen molar-refractivity contribution in [3.05, 3.63) is 23.8 Å². The van der Waals surface area contributed by atoms with Crippen molar-refractivity contribution in [2.45, 2.75) is 26.7 Å². The fourth-order valence-electron chi connectivity index (χ4n) is 0.885. The van der Waals surface area contributed by atoms with Crippen LogP contribution in [0.5, 0.6) is 0 Å². The van der Waals surface area contributed by atoms with Gasteiger partial charge in [-0.15, -0.1) is 0 Å². The van der Waals surface area contributed by atoms with Crippen LogP contribution in [0.2, 0.25) is 0 Å². The summed E-state index contributed by atoms with van der Waals surface area (Å²) in [6.07, 6.45) is 8.36. The molecule has 0 amide bonds. The quantitative estimate of drug-likeness (QED) is 0.402. The van der Waals surface area contributed by atoms with Gasteiger partial charge in [0.1, 0.15) is 0 Å². The molecule has 0 saturated heterocycles. The van der Waals surface area contributed by atoms with Gasteiger partial charge in [0.2, 0.25) is 0 Å². The summed E-state index contributed by atoms with van der Waals surface area (Å²) in [5.74, 6) is -0.763. The maximum absolute atomic E-state index is 10.2. The van der Waals surface area contributed by atoms with Crippen molar-refractivity contribution < 1.29 is 9.90 Å². The Kier molecular flexibility index (Phi) is 7.42. The van der Waals surface area contributed by atoms with E-state index >= 15 is 0 Å². The van der Waals surface area contributed by atoms with Crippen molar-refractivity contribution in [2.75, 3.05) is 6.54 Å². The molecule has 0 spiro atoms. The first-order valence-corrected chi connectivity index (χ1v) is 4.68. The number of hydrogen-bond acceptors (Lipinski definition) is 2. The lowest BCUT2D eigenvalue weighted by Crippen LogP contribution is -1.95. The standard InChI is InChI=1S/C11H17NO2/c1-3-5-10(2)7-9-12-8-4-6-11(13)14/h3,5,7,9H,4,6,8H2,1-2H3,(H,13,14)/b5-3-,10-7-,12-9?. The van der Waals surface area contributed by atoms with Gasteiger partial charge in [-0.2, -0.15) is 0 Å². The van der Waals surface area contributed by atoms with Crippen molar-refractivity contribution in [3.8, 4) is 0 Å². The number of hydrogen-bond donors (Lipinski definition) is 1. The van der Waals surface area contributed by atoms with Gasteiger partial charge in [0.05, 0.1) is 0 Å². The SMILES string of the molecule is C/C=C\C(C)=C/C=NCCCC(=O)O. The summed E-state index contributed by atoms with van der Waals surface area (Å²) in [7, 11) is 0. The summed E-state index contributed by atoms with van der Waals surface area (Å²) in [6, 6.07) is 0. The van der Waals surface area contributed by atoms with Crippen molar-refractivity contribution in [1.29, 1.82) is 0 Å². The highest BCUT2D eigenvalue weighted by atomic mass is 16.4. The van der Waals surface area contributed by atoms with E-state index in [1.165, 1.54) is 0 Å². The van der Waals surface area contributed by atoms with Gasteiger partial charge < -0.3 is 5.11 Å². The number of aliphatic imine (C=N–C) groups is 1. The third-order valence-electron chi connectivity index (χ3n) is 1.55. The average molecular weight is 195 g/mol. The second kappa shape index (κ2) is 8.23. The second-order valence-corrected chi connectivity index (χ2v) is 2.96. The summed E-state index contributed by atoms with van der Waals surface area (Å²) in [5.41, 5.74) is 1.13. The molecule has 0 radical (unpaired) electrons. The Morgan fingerprint density at radius 2 is 2.21 bits per heavy atom. The number of carbonyl (C=O) groups is 1. The zero-order valence-electron chi connectivity index (χ0n) is 8.73. The van der Waals surface area contributed by atoms with E-state index < -0.39 is 5.97 Å². The fraction of sp³-hybridized carbons (Fsp3) is 0.455. The maximum atomic E-state index is 10.2. The van der Waals surface area contributed by atoms with Crippen LogP contribution >= 0.6 is 0 Å². The molecule has 0 saturated carbocycles. The summed E-state index contributed by atoms with van der Waals surface area (Å²) in [5, 5.41) is 8.36. The molecule has 0 aromatic rings. The van der Waals surface area contributed by atoms with Gasteiger partial charge in [-0.1, -0.05) is 12.2 Å². The molecule has 0 bridgehead atoms. The van der Waals surface area contributed by atoms with E-state index in [0.717, 1.165) is 5.57 Å². The molecular formula is C11H17NO2. The number of carboxylic acid groups (broad SMARTS) is 1. The van der Waals surface area contributed by atoms with E-state index in [0.29, 0.717) is 13.0 Å². The molecule has 3 heteroatoms. The van der Waals surface area contributed by atoms with E-state index in [9.17, 15) is 4.79 Å². The van der Waals surface area contributed by atoms with Crippen LogP contribution in [0, 0.1) is 0 Å². The number of rotatable bonds is 6. The molecule has 3 nitrogen and oxygen atoms in total. The van der Waals surface area contributed by atoms with Crippen LogP contribution in [0.15, 0.2) is 28.8 Å². The topological polar surface area (TPSA) is 49.7 Å². The monoisotopic (exact) mass is 195 g/mol. The summed E-state index contributed by atoms with van der Waals surface area (Å²) < 4.78 is 0. The number of allylic oxidation sites excluding steroid dienone is 4. The minimum absolute atomic E-state index is 0.189. The lowest BCUT2D eigenvalue weighted by Gasteiger charge is -1.90. The Morgan fingerprint density at radius 1 is 1.50 bits per heavy atom. The molecule has 14 heavy (non-hydrogen) atoms. The minimum atomic E-state index is -0.763. The van der Waals surface area contributed by atoms with Crippen molar-refractivity contribution in [1.82, 2.24) is 0 Å². The largest absolute Gasteiger partial charge is 0.481 e. The van der Waals surface area contributed by atoms with Gasteiger partial charge in [-0.05, 0) is 31.9 Å². The molecule has 0 aromatic heterocycles. The molecular weight excluding hydrogens is 178 g/mol. The van der Waals surface area contributed by atoms with Crippen LogP contribution in [-0.2, 0) is 4.79 Å². The van der Waals surface area contributed by atoms with Crippen molar-refractivity contribution >= 4 is 12.2 Å². The summed E-state index contributed by atoms with van der Waals surface area (Å²) in [6.45, 7) is 4.52. The first kappa shape index (κ1) is 12.6. The van der Waals surface area contributed by atoms with Gasteiger partial charge in [-0.3, -0.25) is 9.79 Å². The molecule has 0 fully saturated rings. The number of aliphatic carboxylic acids is 1. The van der Waals surface area contributed by atoms with Crippen LogP contribution in [0.25, 0.3) is 0 Å². The highest BCUT2D eigenvalue weighted by molar-refractivity contribution is 5.72. The number of nitrogens with zero attached hydrogens (tertiary/aromatic N) is 1. The van der Waals surface area contributed by atoms with Crippen LogP contribution in [0.4, 0.5) is 0 Å². The highest BCUT2D eigenvalue weighted by Crippen LogP contribution is 1.93. The third-order valence-corrected chi connectivity index (χ3v) is 1.55. The molecule has 0 heterocycles. The van der Waals surface area contributed by atoms with Crippen LogP contribution < -0.4 is 0 Å². The predicted octanol–water partition coefficient (Wildman–Crippen LogP) is 2.44. The zero-order chi connectivity index (χ0) is 10.8. The first-order valence-electron chi connectivity index (χ1n) is 4.68. The van der Waals surface area contributed by atoms with Gasteiger partial charge in [0.15, 0.2) is 0 Å². The molecule has 1 N–H and O–H groups in total. The molecule has 0 unspecified atom stereocenters. The maximum Gasteiger partial charge on any atom is 0.303 e. The molecule has 0 aromatic carbocycles. The Balaban J connectivity index is 3.63. The smallest absolute Gasteiger partial charge is 0.303 e. The molecule has 0 aliphatic heterocycles. The minimum Gasteiger partial charge on any atom is -0.481 e. The first-order chi connectivity index (χ1) is 6.66. The Morgan fingerprint density at radius 3 is 2.79 bits per heavy atom. The Labute approximate surface area is 84.9 Å². The Hall–Kier alpha value is -1.38. The lowest BCUT2D eigenvalue weighted by atomic mass is 10.2. The Bertz CT molecular complexity index is 252. The van der Waals surface area contributed by atoms with Gasteiger partial charge >= 0.3 is 5.97 Å². The normalized spacial score (nSPS) is 12.9. The van der Waals surface area contributed by atoms with Gasteiger partial charge in [0, 0.05) is 19.2 Å². The number of carboxylic acids is 1. The van der Waals surface area contributed by atoms with Gasteiger partial charge in [0.25, 0.3) is 0 Å². The fourth-order valence-corrected chi connectivity index (χ4v) is 0.885. The van der Waals surface area contributed by atoms with Crippen molar-refractivity contribution in [2.24, 2.45) is 4.99 Å². The highest BCUT2D eigenvalue weighted by Gasteiger charge is 1.93. The van der Waals surface area contributed by atoms with Gasteiger partial charge in [-0.25, -0.2) is 0 Å². The molecule has 78 valence electrons. The van der Waals surface area contributed by atoms with E-state index in [2.05, 4.69) is 4.99 Å².